The van der Waals surface area contributed by atoms with Gasteiger partial charge in [-0.05, 0) is 54.7 Å². The maximum atomic E-state index is 15.5. The first-order valence-corrected chi connectivity index (χ1v) is 12.8. The first-order valence-electron chi connectivity index (χ1n) is 12.8. The van der Waals surface area contributed by atoms with E-state index in [-0.39, 0.29) is 41.8 Å². The molecule has 0 N–H and O–H groups in total. The highest BCUT2D eigenvalue weighted by molar-refractivity contribution is 6.23. The van der Waals surface area contributed by atoms with Gasteiger partial charge in [0.2, 0.25) is 5.91 Å². The molecule has 2 aliphatic rings. The van der Waals surface area contributed by atoms with Gasteiger partial charge in [0.15, 0.2) is 5.78 Å². The average Bonchev–Trinajstić information content (AvgIpc) is 3.42. The molecule has 0 fully saturated rings. The van der Waals surface area contributed by atoms with E-state index in [1.54, 1.807) is 0 Å². The van der Waals surface area contributed by atoms with Crippen molar-refractivity contribution < 1.29 is 36.7 Å². The minimum atomic E-state index is -4.58. The largest absolute Gasteiger partial charge is 0.462 e. The van der Waals surface area contributed by atoms with Crippen LogP contribution in [0.4, 0.5) is 23.2 Å². The van der Waals surface area contributed by atoms with Crippen molar-refractivity contribution in [1.82, 2.24) is 9.13 Å². The van der Waals surface area contributed by atoms with Crippen molar-refractivity contribution in [2.75, 3.05) is 11.5 Å². The molecule has 8 nitrogen and oxygen atoms in total. The van der Waals surface area contributed by atoms with E-state index in [1.807, 2.05) is 0 Å². The molecule has 5 rings (SSSR count). The van der Waals surface area contributed by atoms with Crippen LogP contribution in [0.25, 0.3) is 11.0 Å². The number of ketones is 1. The molecule has 1 aromatic heterocycles. The van der Waals surface area contributed by atoms with Crippen LogP contribution in [0, 0.1) is 5.82 Å². The van der Waals surface area contributed by atoms with Crippen LogP contribution in [0.1, 0.15) is 42.4 Å². The highest BCUT2D eigenvalue weighted by atomic mass is 19.4. The minimum absolute atomic E-state index is 0.0764. The Labute approximate surface area is 231 Å². The van der Waals surface area contributed by atoms with E-state index in [1.165, 1.54) is 48.4 Å². The standard InChI is InChI=1S/C29H25F4N3O5/c1-4-41-27(39)19-14-36(22-13-24-23(12-21(22)30)34(2)28(40)35(24)3)26(38)11-15(10-25(19)37)16-8-9-18-17(16)6-5-7-20(18)29(31,32)33/h5-7,10,12-14,16H,4,8-9,11H2,1-3H3. The molecule has 41 heavy (non-hydrogen) atoms. The summed E-state index contributed by atoms with van der Waals surface area (Å²) in [5.74, 6) is -4.21. The smallest absolute Gasteiger partial charge is 0.416 e. The minimum Gasteiger partial charge on any atom is -0.462 e. The average molecular weight is 572 g/mol. The quantitative estimate of drug-likeness (QED) is 0.262. The van der Waals surface area contributed by atoms with Crippen LogP contribution < -0.4 is 10.6 Å². The van der Waals surface area contributed by atoms with Gasteiger partial charge in [0.1, 0.15) is 11.4 Å². The molecule has 0 saturated carbocycles. The van der Waals surface area contributed by atoms with Gasteiger partial charge in [0.05, 0.1) is 28.9 Å². The number of benzene rings is 2. The zero-order valence-corrected chi connectivity index (χ0v) is 22.3. The molecular weight excluding hydrogens is 546 g/mol. The Morgan fingerprint density at radius 3 is 2.41 bits per heavy atom. The number of hydrogen-bond donors (Lipinski definition) is 0. The molecular formula is C29H25F4N3O5. The van der Waals surface area contributed by atoms with Crippen LogP contribution in [0.15, 0.2) is 58.5 Å². The summed E-state index contributed by atoms with van der Waals surface area (Å²) in [6.07, 6.45) is -2.72. The molecule has 3 aromatic rings. The molecule has 1 unspecified atom stereocenters. The Bertz CT molecular complexity index is 1750. The van der Waals surface area contributed by atoms with Gasteiger partial charge in [-0.2, -0.15) is 13.2 Å². The van der Waals surface area contributed by atoms with E-state index in [0.29, 0.717) is 11.1 Å². The van der Waals surface area contributed by atoms with Crippen LogP contribution in [0.3, 0.4) is 0 Å². The fourth-order valence-electron chi connectivity index (χ4n) is 5.61. The summed E-state index contributed by atoms with van der Waals surface area (Å²) in [5, 5.41) is 0. The fourth-order valence-corrected chi connectivity index (χ4v) is 5.61. The Hall–Kier alpha value is -4.48. The Balaban J connectivity index is 1.64. The lowest BCUT2D eigenvalue weighted by Crippen LogP contribution is -2.31. The number of carbonyl (C=O) groups excluding carboxylic acids is 3. The van der Waals surface area contributed by atoms with E-state index in [9.17, 15) is 32.3 Å². The lowest BCUT2D eigenvalue weighted by molar-refractivity contribution is -0.140. The van der Waals surface area contributed by atoms with Crippen LogP contribution >= 0.6 is 0 Å². The monoisotopic (exact) mass is 571 g/mol. The van der Waals surface area contributed by atoms with Crippen molar-refractivity contribution in [3.8, 4) is 0 Å². The van der Waals surface area contributed by atoms with Crippen LogP contribution in [0.2, 0.25) is 0 Å². The molecule has 2 aromatic carbocycles. The van der Waals surface area contributed by atoms with Gasteiger partial charge in [0.25, 0.3) is 0 Å². The number of aryl methyl sites for hydroxylation is 2. The number of amides is 1. The Morgan fingerprint density at radius 1 is 1.07 bits per heavy atom. The Morgan fingerprint density at radius 2 is 1.76 bits per heavy atom. The summed E-state index contributed by atoms with van der Waals surface area (Å²) in [5.41, 5.74) is -0.900. The lowest BCUT2D eigenvalue weighted by atomic mass is 9.87. The van der Waals surface area contributed by atoms with Crippen molar-refractivity contribution in [1.29, 1.82) is 0 Å². The van der Waals surface area contributed by atoms with Crippen LogP contribution in [0.5, 0.6) is 0 Å². The number of fused-ring (bicyclic) bond motifs is 2. The highest BCUT2D eigenvalue weighted by Gasteiger charge is 2.39. The van der Waals surface area contributed by atoms with Gasteiger partial charge in [-0.15, -0.1) is 0 Å². The number of hydrogen-bond acceptors (Lipinski definition) is 5. The zero-order valence-electron chi connectivity index (χ0n) is 22.3. The molecule has 0 saturated heterocycles. The highest BCUT2D eigenvalue weighted by Crippen LogP contribution is 2.45. The lowest BCUT2D eigenvalue weighted by Gasteiger charge is -2.25. The number of esters is 1. The molecule has 12 heteroatoms. The van der Waals surface area contributed by atoms with Gasteiger partial charge in [-0.25, -0.2) is 14.0 Å². The molecule has 0 radical (unpaired) electrons. The third-order valence-corrected chi connectivity index (χ3v) is 7.58. The zero-order chi connectivity index (χ0) is 29.8. The molecule has 0 spiro atoms. The van der Waals surface area contributed by atoms with Crippen molar-refractivity contribution in [3.63, 3.8) is 0 Å². The molecule has 1 atom stereocenters. The molecule has 214 valence electrons. The summed E-state index contributed by atoms with van der Waals surface area (Å²) >= 11 is 0. The number of anilines is 1. The van der Waals surface area contributed by atoms with E-state index in [0.717, 1.165) is 29.3 Å². The molecule has 1 amide bonds. The normalized spacial score (nSPS) is 17.7. The van der Waals surface area contributed by atoms with Crippen LogP contribution in [-0.4, -0.2) is 33.4 Å². The first kappa shape index (κ1) is 28.1. The number of ether oxygens (including phenoxy) is 1. The van der Waals surface area contributed by atoms with Crippen molar-refractivity contribution in [2.45, 2.75) is 38.3 Å². The molecule has 1 aliphatic carbocycles. The number of rotatable bonds is 4. The summed E-state index contributed by atoms with van der Waals surface area (Å²) in [4.78, 5) is 53.1. The summed E-state index contributed by atoms with van der Waals surface area (Å²) in [6.45, 7) is 1.43. The van der Waals surface area contributed by atoms with Crippen molar-refractivity contribution in [3.05, 3.63) is 86.7 Å². The van der Waals surface area contributed by atoms with Crippen molar-refractivity contribution >= 4 is 34.4 Å². The predicted molar refractivity (Wildman–Crippen MR) is 141 cm³/mol. The van der Waals surface area contributed by atoms with E-state index in [4.69, 9.17) is 4.74 Å². The number of alkyl halides is 3. The second-order valence-electron chi connectivity index (χ2n) is 9.94. The third-order valence-electron chi connectivity index (χ3n) is 7.58. The molecule has 2 heterocycles. The van der Waals surface area contributed by atoms with E-state index >= 15 is 4.39 Å². The topological polar surface area (TPSA) is 90.6 Å². The Kier molecular flexibility index (Phi) is 6.96. The second kappa shape index (κ2) is 10.2. The maximum absolute atomic E-state index is 15.5. The number of carbonyl (C=O) groups is 3. The molecule has 0 bridgehead atoms. The van der Waals surface area contributed by atoms with Gasteiger partial charge in [-0.3, -0.25) is 23.6 Å². The molecule has 1 aliphatic heterocycles. The van der Waals surface area contributed by atoms with Crippen LogP contribution in [-0.2, 0) is 45.8 Å². The van der Waals surface area contributed by atoms with Crippen molar-refractivity contribution in [2.24, 2.45) is 14.1 Å². The predicted octanol–water partition coefficient (Wildman–Crippen LogP) is 4.44. The van der Waals surface area contributed by atoms with E-state index < -0.39 is 58.8 Å². The first-order chi connectivity index (χ1) is 19.3. The van der Waals surface area contributed by atoms with Gasteiger partial charge >= 0.3 is 17.8 Å². The number of aromatic nitrogens is 2. The number of imidazole rings is 1. The number of nitrogens with zero attached hydrogens (tertiary/aromatic N) is 3. The van der Waals surface area contributed by atoms with E-state index in [2.05, 4.69) is 0 Å². The summed E-state index contributed by atoms with van der Waals surface area (Å²) in [6, 6.07) is 6.13. The third kappa shape index (κ3) is 4.76. The van der Waals surface area contributed by atoms with Gasteiger partial charge < -0.3 is 4.74 Å². The van der Waals surface area contributed by atoms with Gasteiger partial charge in [0, 0.05) is 38.7 Å². The second-order valence-corrected chi connectivity index (χ2v) is 9.94. The van der Waals surface area contributed by atoms with Gasteiger partial charge in [-0.1, -0.05) is 12.1 Å². The fraction of sp³-hybridized carbons (Fsp3) is 0.310. The summed E-state index contributed by atoms with van der Waals surface area (Å²) in [7, 11) is 2.93. The summed E-state index contributed by atoms with van der Waals surface area (Å²) < 4.78 is 64.0. The number of halogens is 4. The maximum Gasteiger partial charge on any atom is 0.416 e. The number of allylic oxidation sites excluding steroid dienone is 1. The SMILES string of the molecule is CCOC(=O)C1=CN(c2cc3c(cc2F)n(C)c(=O)n3C)C(=O)CC(C2CCc3c2cccc3C(F)(F)F)=CC1=O.